The molecule has 11 nitrogen and oxygen atoms in total. The summed E-state index contributed by atoms with van der Waals surface area (Å²) in [6.45, 7) is 11.0. The largest absolute Gasteiger partial charge is 0.507 e. The van der Waals surface area contributed by atoms with E-state index in [1.54, 1.807) is 46.8 Å². The molecule has 1 aromatic carbocycles. The van der Waals surface area contributed by atoms with Crippen molar-refractivity contribution < 1.29 is 38.9 Å². The quantitative estimate of drug-likeness (QED) is 0.246. The van der Waals surface area contributed by atoms with E-state index in [1.807, 2.05) is 0 Å². The monoisotopic (exact) mass is 507 g/mol. The van der Waals surface area contributed by atoms with Crippen molar-refractivity contribution in [2.75, 3.05) is 26.3 Å². The lowest BCUT2D eigenvalue weighted by molar-refractivity contribution is -0.144. The molecule has 0 aliphatic rings. The first-order valence-electron chi connectivity index (χ1n) is 11.6. The summed E-state index contributed by atoms with van der Waals surface area (Å²) in [5.74, 6) is -2.21. The van der Waals surface area contributed by atoms with Gasteiger partial charge in [0.25, 0.3) is 0 Å². The Labute approximate surface area is 211 Å². The molecule has 36 heavy (non-hydrogen) atoms. The average Bonchev–Trinajstić information content (AvgIpc) is 2.78. The number of nitrogens with zero attached hydrogens (tertiary/aromatic N) is 1. The van der Waals surface area contributed by atoms with Crippen molar-refractivity contribution in [1.29, 1.82) is 0 Å². The number of carbonyl (C=O) groups is 4. The Morgan fingerprint density at radius 2 is 1.89 bits per heavy atom. The number of phenolic OH excluding ortho intramolecular Hbond substituents is 1. The number of aliphatic hydroxyl groups is 1. The molecule has 0 heterocycles. The van der Waals surface area contributed by atoms with Crippen LogP contribution in [0, 0.1) is 6.92 Å². The minimum atomic E-state index is -1.44. The van der Waals surface area contributed by atoms with Crippen LogP contribution in [0.5, 0.6) is 5.75 Å². The van der Waals surface area contributed by atoms with Crippen LogP contribution < -0.4 is 10.6 Å². The lowest BCUT2D eigenvalue weighted by Gasteiger charge is -2.33. The number of nitrogens with one attached hydrogen (secondary N) is 2. The average molecular weight is 508 g/mol. The molecule has 0 saturated carbocycles. The van der Waals surface area contributed by atoms with Gasteiger partial charge in [-0.3, -0.25) is 14.4 Å². The van der Waals surface area contributed by atoms with Gasteiger partial charge in [-0.25, -0.2) is 4.79 Å². The van der Waals surface area contributed by atoms with E-state index in [1.165, 1.54) is 12.1 Å². The molecule has 0 radical (unpaired) electrons. The number of benzene rings is 1. The first-order chi connectivity index (χ1) is 16.9. The van der Waals surface area contributed by atoms with Crippen LogP contribution in [0.15, 0.2) is 30.9 Å². The number of rotatable bonds is 12. The molecule has 0 spiro atoms. The molecule has 0 aromatic heterocycles. The van der Waals surface area contributed by atoms with E-state index in [-0.39, 0.29) is 37.4 Å². The van der Waals surface area contributed by atoms with Crippen molar-refractivity contribution in [3.05, 3.63) is 42.0 Å². The summed E-state index contributed by atoms with van der Waals surface area (Å²) in [7, 11) is 0. The Morgan fingerprint density at radius 1 is 1.22 bits per heavy atom. The minimum absolute atomic E-state index is 0.0730. The molecule has 0 fully saturated rings. The number of hydrogen-bond donors (Lipinski definition) is 4. The van der Waals surface area contributed by atoms with Gasteiger partial charge < -0.3 is 35.2 Å². The number of aliphatic hydroxyl groups excluding tert-OH is 1. The first-order valence-corrected chi connectivity index (χ1v) is 11.6. The number of amides is 3. The molecular formula is C25H37N3O8. The standard InChI is InChI=1S/C25H37N3O8/c1-7-14-28(23(33)18(15-29)27-24(34)36-25(4,5)6)20(17-11-9-10-16(3)21(17)31)22(32)26-13-12-19(30)35-8-2/h7,9-11,18,20,29,31H,1,8,12-15H2,2-6H3,(H,26,32)(H,27,34). The van der Waals surface area contributed by atoms with E-state index < -0.39 is 48.2 Å². The maximum Gasteiger partial charge on any atom is 0.408 e. The molecule has 3 amide bonds. The summed E-state index contributed by atoms with van der Waals surface area (Å²) in [6.07, 6.45) is 0.342. The lowest BCUT2D eigenvalue weighted by Crippen LogP contribution is -2.54. The van der Waals surface area contributed by atoms with Gasteiger partial charge in [0, 0.05) is 18.7 Å². The fraction of sp³-hybridized carbons (Fsp3) is 0.520. The highest BCUT2D eigenvalue weighted by molar-refractivity contribution is 5.93. The molecule has 2 unspecified atom stereocenters. The van der Waals surface area contributed by atoms with Crippen molar-refractivity contribution in [3.63, 3.8) is 0 Å². The van der Waals surface area contributed by atoms with Gasteiger partial charge in [-0.1, -0.05) is 24.3 Å². The highest BCUT2D eigenvalue weighted by Gasteiger charge is 2.37. The minimum Gasteiger partial charge on any atom is -0.507 e. The number of esters is 1. The van der Waals surface area contributed by atoms with Crippen molar-refractivity contribution in [2.24, 2.45) is 0 Å². The van der Waals surface area contributed by atoms with Gasteiger partial charge in [-0.05, 0) is 40.2 Å². The number of ether oxygens (including phenoxy) is 2. The number of carbonyl (C=O) groups excluding carboxylic acids is 4. The number of aryl methyl sites for hydroxylation is 1. The van der Waals surface area contributed by atoms with Crippen molar-refractivity contribution in [1.82, 2.24) is 15.5 Å². The molecule has 2 atom stereocenters. The van der Waals surface area contributed by atoms with E-state index in [9.17, 15) is 29.4 Å². The van der Waals surface area contributed by atoms with Crippen molar-refractivity contribution in [3.8, 4) is 5.75 Å². The topological polar surface area (TPSA) is 154 Å². The number of para-hydroxylation sites is 1. The highest BCUT2D eigenvalue weighted by atomic mass is 16.6. The predicted molar refractivity (Wildman–Crippen MR) is 132 cm³/mol. The lowest BCUT2D eigenvalue weighted by atomic mass is 9.99. The summed E-state index contributed by atoms with van der Waals surface area (Å²) in [4.78, 5) is 51.8. The molecule has 4 N–H and O–H groups in total. The Morgan fingerprint density at radius 3 is 2.44 bits per heavy atom. The summed E-state index contributed by atoms with van der Waals surface area (Å²) < 4.78 is 10.0. The summed E-state index contributed by atoms with van der Waals surface area (Å²) >= 11 is 0. The van der Waals surface area contributed by atoms with E-state index in [2.05, 4.69) is 17.2 Å². The molecule has 0 aliphatic heterocycles. The Bertz CT molecular complexity index is 942. The van der Waals surface area contributed by atoms with Crippen LogP contribution in [0.1, 0.15) is 51.3 Å². The summed E-state index contributed by atoms with van der Waals surface area (Å²) in [6, 6.07) is 1.92. The van der Waals surface area contributed by atoms with Gasteiger partial charge in [0.1, 0.15) is 23.4 Å². The SMILES string of the molecule is C=CCN(C(=O)C(CO)NC(=O)OC(C)(C)C)C(C(=O)NCCC(=O)OCC)c1cccc(C)c1O. The second-order valence-corrected chi connectivity index (χ2v) is 8.92. The fourth-order valence-electron chi connectivity index (χ4n) is 3.27. The molecule has 1 rings (SSSR count). The third kappa shape index (κ3) is 9.21. The van der Waals surface area contributed by atoms with Crippen LogP contribution in [0.3, 0.4) is 0 Å². The Balaban J connectivity index is 3.34. The van der Waals surface area contributed by atoms with Gasteiger partial charge in [-0.15, -0.1) is 6.58 Å². The normalized spacial score (nSPS) is 12.6. The van der Waals surface area contributed by atoms with Gasteiger partial charge in [0.15, 0.2) is 0 Å². The molecule has 200 valence electrons. The Kier molecular flexibility index (Phi) is 11.9. The zero-order valence-corrected chi connectivity index (χ0v) is 21.5. The summed E-state index contributed by atoms with van der Waals surface area (Å²) in [5, 5.41) is 25.5. The van der Waals surface area contributed by atoms with Crippen LogP contribution >= 0.6 is 0 Å². The van der Waals surface area contributed by atoms with Crippen molar-refractivity contribution in [2.45, 2.75) is 58.7 Å². The van der Waals surface area contributed by atoms with Gasteiger partial charge in [0.05, 0.1) is 19.6 Å². The van der Waals surface area contributed by atoms with E-state index in [0.717, 1.165) is 4.90 Å². The van der Waals surface area contributed by atoms with Crippen LogP contribution in [0.4, 0.5) is 4.79 Å². The van der Waals surface area contributed by atoms with Gasteiger partial charge in [0.2, 0.25) is 11.8 Å². The van der Waals surface area contributed by atoms with Crippen LogP contribution in [-0.2, 0) is 23.9 Å². The highest BCUT2D eigenvalue weighted by Crippen LogP contribution is 2.32. The second kappa shape index (κ2) is 14.1. The number of aromatic hydroxyl groups is 1. The Hall–Kier alpha value is -3.60. The zero-order valence-electron chi connectivity index (χ0n) is 21.5. The fourth-order valence-corrected chi connectivity index (χ4v) is 3.27. The van der Waals surface area contributed by atoms with Crippen LogP contribution in [0.25, 0.3) is 0 Å². The first kappa shape index (κ1) is 30.4. The second-order valence-electron chi connectivity index (χ2n) is 8.92. The maximum atomic E-state index is 13.5. The number of phenols is 1. The van der Waals surface area contributed by atoms with Crippen molar-refractivity contribution >= 4 is 23.9 Å². The number of alkyl carbamates (subject to hydrolysis) is 1. The molecule has 0 saturated heterocycles. The summed E-state index contributed by atoms with van der Waals surface area (Å²) in [5.41, 5.74) is -0.260. The zero-order chi connectivity index (χ0) is 27.5. The third-order valence-corrected chi connectivity index (χ3v) is 4.84. The van der Waals surface area contributed by atoms with Crippen LogP contribution in [0.2, 0.25) is 0 Å². The van der Waals surface area contributed by atoms with Gasteiger partial charge in [-0.2, -0.15) is 0 Å². The molecular weight excluding hydrogens is 470 g/mol. The molecule has 0 bridgehead atoms. The van der Waals surface area contributed by atoms with Crippen LogP contribution in [-0.4, -0.2) is 76.9 Å². The van der Waals surface area contributed by atoms with E-state index in [0.29, 0.717) is 5.56 Å². The molecule has 11 heteroatoms. The number of hydrogen-bond acceptors (Lipinski definition) is 8. The third-order valence-electron chi connectivity index (χ3n) is 4.84. The van der Waals surface area contributed by atoms with E-state index in [4.69, 9.17) is 9.47 Å². The predicted octanol–water partition coefficient (Wildman–Crippen LogP) is 1.71. The van der Waals surface area contributed by atoms with Gasteiger partial charge >= 0.3 is 12.1 Å². The maximum absolute atomic E-state index is 13.5. The molecule has 0 aliphatic carbocycles. The van der Waals surface area contributed by atoms with E-state index >= 15 is 0 Å². The smallest absolute Gasteiger partial charge is 0.408 e. The molecule has 1 aromatic rings.